The molecule has 0 spiro atoms. The molecule has 0 unspecified atom stereocenters. The van der Waals surface area contributed by atoms with E-state index in [9.17, 15) is 0 Å². The maximum atomic E-state index is 5.55. The van der Waals surface area contributed by atoms with Crippen LogP contribution in [0.2, 0.25) is 0 Å². The van der Waals surface area contributed by atoms with Crippen LogP contribution in [0, 0.1) is 0 Å². The van der Waals surface area contributed by atoms with E-state index in [4.69, 9.17) is 11.6 Å². The summed E-state index contributed by atoms with van der Waals surface area (Å²) in [7, 11) is 0. The summed E-state index contributed by atoms with van der Waals surface area (Å²) in [6, 6.07) is 7.91. The second-order valence-corrected chi connectivity index (χ2v) is 3.10. The Labute approximate surface area is 93.3 Å². The Bertz CT molecular complexity index is 367. The van der Waals surface area contributed by atoms with Gasteiger partial charge in [0.2, 0.25) is 5.95 Å². The number of benzene rings is 1. The van der Waals surface area contributed by atoms with Crippen LogP contribution in [0.15, 0.2) is 24.3 Å². The van der Waals surface area contributed by atoms with Gasteiger partial charge < -0.3 is 10.3 Å². The molecule has 0 saturated carbocycles. The summed E-state index contributed by atoms with van der Waals surface area (Å²) in [6.45, 7) is 0.724. The van der Waals surface area contributed by atoms with Crippen LogP contribution in [0.1, 0.15) is 0 Å². The van der Waals surface area contributed by atoms with Gasteiger partial charge >= 0.3 is 0 Å². The fourth-order valence-corrected chi connectivity index (χ4v) is 1.30. The van der Waals surface area contributed by atoms with Crippen LogP contribution in [0.3, 0.4) is 0 Å². The largest absolute Gasteiger partial charge is 0.355 e. The molecule has 0 amide bonds. The first-order valence-electron chi connectivity index (χ1n) is 4.15. The van der Waals surface area contributed by atoms with Crippen molar-refractivity contribution < 1.29 is 0 Å². The van der Waals surface area contributed by atoms with Gasteiger partial charge in [0.15, 0.2) is 0 Å². The van der Waals surface area contributed by atoms with E-state index in [1.54, 1.807) is 0 Å². The Hall–Kier alpha value is -0.930. The van der Waals surface area contributed by atoms with Crippen LogP contribution in [-0.4, -0.2) is 22.4 Å². The van der Waals surface area contributed by atoms with Crippen molar-refractivity contribution in [3.8, 4) is 0 Å². The van der Waals surface area contributed by atoms with Gasteiger partial charge in [0.05, 0.1) is 11.0 Å². The lowest BCUT2D eigenvalue weighted by molar-refractivity contribution is 1.15. The number of H-pyrrole nitrogens is 1. The predicted molar refractivity (Wildman–Crippen MR) is 62.6 cm³/mol. The number of fused-ring (bicyclic) bond motifs is 1. The molecule has 0 atom stereocenters. The smallest absolute Gasteiger partial charge is 0.201 e. The molecule has 14 heavy (non-hydrogen) atoms. The van der Waals surface area contributed by atoms with Crippen molar-refractivity contribution in [2.75, 3.05) is 17.7 Å². The lowest BCUT2D eigenvalue weighted by Gasteiger charge is -1.95. The molecule has 0 radical (unpaired) electrons. The topological polar surface area (TPSA) is 40.7 Å². The summed E-state index contributed by atoms with van der Waals surface area (Å²) in [4.78, 5) is 7.47. The number of nitrogens with zero attached hydrogens (tertiary/aromatic N) is 1. The molecule has 2 N–H and O–H groups in total. The molecule has 0 aliphatic heterocycles. The maximum absolute atomic E-state index is 5.55. The van der Waals surface area contributed by atoms with Crippen LogP contribution in [0.5, 0.6) is 0 Å². The number of rotatable bonds is 3. The van der Waals surface area contributed by atoms with E-state index in [1.807, 2.05) is 24.3 Å². The molecular formula is C9H11Cl2N3. The molecule has 0 aliphatic carbocycles. The van der Waals surface area contributed by atoms with Gasteiger partial charge in [-0.2, -0.15) is 0 Å². The number of nitrogens with one attached hydrogen (secondary N) is 2. The fraction of sp³-hybridized carbons (Fsp3) is 0.222. The summed E-state index contributed by atoms with van der Waals surface area (Å²) < 4.78 is 0. The Morgan fingerprint density at radius 1 is 1.36 bits per heavy atom. The minimum Gasteiger partial charge on any atom is -0.355 e. The number of hydrogen-bond donors (Lipinski definition) is 2. The minimum atomic E-state index is 0. The fourth-order valence-electron chi connectivity index (χ4n) is 1.20. The summed E-state index contributed by atoms with van der Waals surface area (Å²) in [5.41, 5.74) is 2.01. The van der Waals surface area contributed by atoms with E-state index in [-0.39, 0.29) is 12.4 Å². The first-order chi connectivity index (χ1) is 6.40. The van der Waals surface area contributed by atoms with Gasteiger partial charge in [-0.3, -0.25) is 0 Å². The highest BCUT2D eigenvalue weighted by Crippen LogP contribution is 2.12. The van der Waals surface area contributed by atoms with Crippen LogP contribution in [0.4, 0.5) is 5.95 Å². The van der Waals surface area contributed by atoms with Crippen LogP contribution in [0.25, 0.3) is 11.0 Å². The third kappa shape index (κ3) is 2.30. The molecule has 5 heteroatoms. The maximum Gasteiger partial charge on any atom is 0.201 e. The lowest BCUT2D eigenvalue weighted by Crippen LogP contribution is -2.03. The number of aromatic nitrogens is 2. The highest BCUT2D eigenvalue weighted by molar-refractivity contribution is 6.18. The standard InChI is InChI=1S/C9H10ClN3.ClH/c10-5-6-11-9-12-7-3-1-2-4-8(7)13-9;/h1-4H,5-6H2,(H2,11,12,13);1H. The van der Waals surface area contributed by atoms with Gasteiger partial charge in [-0.05, 0) is 12.1 Å². The quantitative estimate of drug-likeness (QED) is 0.798. The second kappa shape index (κ2) is 5.08. The molecule has 0 bridgehead atoms. The number of para-hydroxylation sites is 2. The van der Waals surface area contributed by atoms with Gasteiger partial charge in [-0.1, -0.05) is 12.1 Å². The van der Waals surface area contributed by atoms with Crippen molar-refractivity contribution in [1.29, 1.82) is 0 Å². The number of alkyl halides is 1. The zero-order valence-corrected chi connectivity index (χ0v) is 9.03. The van der Waals surface area contributed by atoms with Gasteiger partial charge in [-0.25, -0.2) is 4.98 Å². The molecule has 76 valence electrons. The van der Waals surface area contributed by atoms with E-state index >= 15 is 0 Å². The molecule has 2 aromatic rings. The summed E-state index contributed by atoms with van der Waals surface area (Å²) in [6.07, 6.45) is 0. The number of hydrogen-bond acceptors (Lipinski definition) is 2. The molecule has 1 aromatic heterocycles. The average Bonchev–Trinajstić information content (AvgIpc) is 2.57. The van der Waals surface area contributed by atoms with Gasteiger partial charge in [-0.15, -0.1) is 24.0 Å². The zero-order valence-electron chi connectivity index (χ0n) is 7.46. The SMILES string of the molecule is Cl.ClCCNc1nc2ccccc2[nH]1. The van der Waals surface area contributed by atoms with Gasteiger partial charge in [0.1, 0.15) is 0 Å². The van der Waals surface area contributed by atoms with Crippen molar-refractivity contribution in [3.63, 3.8) is 0 Å². The van der Waals surface area contributed by atoms with E-state index in [2.05, 4.69) is 15.3 Å². The van der Waals surface area contributed by atoms with Crippen LogP contribution >= 0.6 is 24.0 Å². The second-order valence-electron chi connectivity index (χ2n) is 2.72. The van der Waals surface area contributed by atoms with Crippen molar-refractivity contribution >= 4 is 41.0 Å². The van der Waals surface area contributed by atoms with Gasteiger partial charge in [0.25, 0.3) is 0 Å². The minimum absolute atomic E-state index is 0. The first-order valence-corrected chi connectivity index (χ1v) is 4.68. The molecule has 2 rings (SSSR count). The molecular weight excluding hydrogens is 221 g/mol. The Balaban J connectivity index is 0.000000980. The Kier molecular flexibility index (Phi) is 4.04. The zero-order chi connectivity index (χ0) is 9.10. The molecule has 0 aliphatic rings. The van der Waals surface area contributed by atoms with E-state index in [0.29, 0.717) is 5.88 Å². The third-order valence-electron chi connectivity index (χ3n) is 1.78. The third-order valence-corrected chi connectivity index (χ3v) is 1.97. The van der Waals surface area contributed by atoms with Crippen molar-refractivity contribution in [3.05, 3.63) is 24.3 Å². The van der Waals surface area contributed by atoms with Gasteiger partial charge in [0, 0.05) is 12.4 Å². The van der Waals surface area contributed by atoms with Crippen molar-refractivity contribution in [1.82, 2.24) is 9.97 Å². The normalized spacial score (nSPS) is 9.79. The summed E-state index contributed by atoms with van der Waals surface area (Å²) in [5, 5.41) is 3.09. The van der Waals surface area contributed by atoms with Crippen molar-refractivity contribution in [2.45, 2.75) is 0 Å². The van der Waals surface area contributed by atoms with E-state index < -0.39 is 0 Å². The number of anilines is 1. The monoisotopic (exact) mass is 231 g/mol. The first kappa shape index (κ1) is 11.1. The summed E-state index contributed by atoms with van der Waals surface area (Å²) in [5.74, 6) is 1.36. The molecule has 1 aromatic carbocycles. The highest BCUT2D eigenvalue weighted by atomic mass is 35.5. The Morgan fingerprint density at radius 2 is 2.14 bits per heavy atom. The summed E-state index contributed by atoms with van der Waals surface area (Å²) >= 11 is 5.55. The van der Waals surface area contributed by atoms with Crippen molar-refractivity contribution in [2.24, 2.45) is 0 Å². The predicted octanol–water partition coefficient (Wildman–Crippen LogP) is 2.64. The van der Waals surface area contributed by atoms with Crippen LogP contribution in [-0.2, 0) is 0 Å². The lowest BCUT2D eigenvalue weighted by atomic mass is 10.3. The molecule has 0 saturated heterocycles. The molecule has 3 nitrogen and oxygen atoms in total. The number of halogens is 2. The van der Waals surface area contributed by atoms with Crippen LogP contribution < -0.4 is 5.32 Å². The number of imidazole rings is 1. The Morgan fingerprint density at radius 3 is 2.86 bits per heavy atom. The van der Waals surface area contributed by atoms with E-state index in [0.717, 1.165) is 23.5 Å². The average molecular weight is 232 g/mol. The molecule has 0 fully saturated rings. The number of aromatic amines is 1. The van der Waals surface area contributed by atoms with E-state index in [1.165, 1.54) is 0 Å². The molecule has 1 heterocycles. The highest BCUT2D eigenvalue weighted by Gasteiger charge is 1.99.